The van der Waals surface area contributed by atoms with Crippen LogP contribution in [0, 0.1) is 22.2 Å². The molecule has 0 aromatic carbocycles. The number of ether oxygens (including phenoxy) is 2. The lowest BCUT2D eigenvalue weighted by Crippen LogP contribution is -2.40. The van der Waals surface area contributed by atoms with Crippen molar-refractivity contribution >= 4 is 12.3 Å². The molecule has 1 aliphatic rings. The molecule has 1 unspecified atom stereocenters. The van der Waals surface area contributed by atoms with Crippen molar-refractivity contribution in [2.24, 2.45) is 11.1 Å². The normalized spacial score (nSPS) is 28.4. The van der Waals surface area contributed by atoms with Crippen LogP contribution in [0.1, 0.15) is 38.3 Å². The molecule has 154 valence electrons. The van der Waals surface area contributed by atoms with E-state index in [1.807, 2.05) is 6.07 Å². The highest BCUT2D eigenvalue weighted by Crippen LogP contribution is 2.39. The number of nitrogens with one attached hydrogen (secondary N) is 2. The molecule has 0 amide bonds. The molecule has 6 N–H and O–H groups in total. The second-order valence-electron chi connectivity index (χ2n) is 7.85. The molecular formula is C18H27N5O5. The molecule has 1 aromatic heterocycles. The van der Waals surface area contributed by atoms with E-state index < -0.39 is 41.5 Å². The fourth-order valence-corrected chi connectivity index (χ4v) is 2.81. The lowest BCUT2D eigenvalue weighted by Gasteiger charge is -2.24. The molecule has 0 aliphatic carbocycles. The maximum absolute atomic E-state index is 12.0. The number of aliphatic hydroxyl groups excluding tert-OH is 2. The van der Waals surface area contributed by atoms with Gasteiger partial charge in [-0.25, -0.2) is 0 Å². The minimum Gasteiger partial charge on any atom is -0.462 e. The Morgan fingerprint density at radius 3 is 2.75 bits per heavy atom. The third-order valence-corrected chi connectivity index (χ3v) is 4.69. The van der Waals surface area contributed by atoms with Gasteiger partial charge < -0.3 is 35.3 Å². The third kappa shape index (κ3) is 3.88. The zero-order chi connectivity index (χ0) is 21.3. The van der Waals surface area contributed by atoms with Crippen LogP contribution in [0.2, 0.25) is 0 Å². The summed E-state index contributed by atoms with van der Waals surface area (Å²) in [6.07, 6.45) is -3.70. The first-order valence-corrected chi connectivity index (χ1v) is 8.78. The number of hydrogen-bond acceptors (Lipinski definition) is 8. The average molecular weight is 393 g/mol. The zero-order valence-electron chi connectivity index (χ0n) is 16.3. The van der Waals surface area contributed by atoms with Crippen molar-refractivity contribution in [2.75, 3.05) is 13.7 Å². The van der Waals surface area contributed by atoms with E-state index in [-0.39, 0.29) is 12.3 Å². The minimum atomic E-state index is -1.88. The Bertz CT molecular complexity index is 767. The summed E-state index contributed by atoms with van der Waals surface area (Å²) in [5.41, 5.74) is 4.09. The summed E-state index contributed by atoms with van der Waals surface area (Å²) in [6, 6.07) is 5.04. The Hall–Kier alpha value is -2.45. The number of carbonyl (C=O) groups excluding carboxylic acids is 1. The molecule has 1 fully saturated rings. The van der Waals surface area contributed by atoms with Crippen LogP contribution in [0.4, 0.5) is 0 Å². The Labute approximate surface area is 163 Å². The number of H-pyrrole nitrogens is 1. The molecule has 10 heteroatoms. The molecule has 1 aliphatic heterocycles. The monoisotopic (exact) mass is 393 g/mol. The summed E-state index contributed by atoms with van der Waals surface area (Å²) in [5, 5.41) is 37.9. The van der Waals surface area contributed by atoms with E-state index in [1.54, 1.807) is 33.9 Å². The van der Waals surface area contributed by atoms with Gasteiger partial charge in [0.1, 0.15) is 37.2 Å². The molecule has 0 radical (unpaired) electrons. The molecule has 5 atom stereocenters. The number of nitrogens with zero attached hydrogens (tertiary/aromatic N) is 2. The molecule has 1 aromatic rings. The van der Waals surface area contributed by atoms with Crippen LogP contribution in [-0.2, 0) is 19.9 Å². The molecule has 2 rings (SSSR count). The molecule has 2 heterocycles. The van der Waals surface area contributed by atoms with Gasteiger partial charge in [0.2, 0.25) is 5.60 Å². The van der Waals surface area contributed by atoms with E-state index in [1.165, 1.54) is 11.0 Å². The third-order valence-electron chi connectivity index (χ3n) is 4.69. The molecule has 0 spiro atoms. The predicted octanol–water partition coefficient (Wildman–Crippen LogP) is -0.0603. The first-order valence-electron chi connectivity index (χ1n) is 8.78. The second-order valence-corrected chi connectivity index (χ2v) is 7.85. The van der Waals surface area contributed by atoms with Gasteiger partial charge in [-0.05, 0) is 32.9 Å². The van der Waals surface area contributed by atoms with E-state index in [0.717, 1.165) is 6.34 Å². The van der Waals surface area contributed by atoms with Crippen molar-refractivity contribution in [1.82, 2.24) is 9.88 Å². The highest BCUT2D eigenvalue weighted by Gasteiger charge is 2.57. The number of aromatic nitrogens is 1. The zero-order valence-corrected chi connectivity index (χ0v) is 16.3. The summed E-state index contributed by atoms with van der Waals surface area (Å²) in [7, 11) is 1.61. The first-order chi connectivity index (χ1) is 13.0. The van der Waals surface area contributed by atoms with E-state index >= 15 is 0 Å². The number of nitriles is 1. The van der Waals surface area contributed by atoms with Gasteiger partial charge in [-0.1, -0.05) is 0 Å². The Balaban J connectivity index is 2.23. The van der Waals surface area contributed by atoms with Crippen LogP contribution in [0.15, 0.2) is 12.1 Å². The van der Waals surface area contributed by atoms with Crippen LogP contribution in [-0.4, -0.2) is 64.4 Å². The molecular weight excluding hydrogens is 366 g/mol. The quantitative estimate of drug-likeness (QED) is 0.194. The standard InChI is InChI=1S/C18H27N5O5/c1-17(2,3)16(26)27-7-11-13(24)14(25)18(8-19,28-11)12-6-5-10(22-12)15(21)23(4)9-20/h5-6,9,11,13-15,20,22,24-25H,7,21H2,1-4H3/t11-,13-,14-,15?,18+/m1/s1. The number of aliphatic hydroxyl groups is 2. The van der Waals surface area contributed by atoms with Crippen LogP contribution >= 0.6 is 0 Å². The smallest absolute Gasteiger partial charge is 0.311 e. The molecule has 10 nitrogen and oxygen atoms in total. The second kappa shape index (κ2) is 7.89. The predicted molar refractivity (Wildman–Crippen MR) is 98.9 cm³/mol. The summed E-state index contributed by atoms with van der Waals surface area (Å²) in [4.78, 5) is 16.3. The molecule has 0 bridgehead atoms. The highest BCUT2D eigenvalue weighted by molar-refractivity contribution is 5.75. The Morgan fingerprint density at radius 1 is 1.57 bits per heavy atom. The number of esters is 1. The van der Waals surface area contributed by atoms with E-state index in [4.69, 9.17) is 20.6 Å². The van der Waals surface area contributed by atoms with Gasteiger partial charge in [0.15, 0.2) is 0 Å². The van der Waals surface area contributed by atoms with Gasteiger partial charge in [0, 0.05) is 7.05 Å². The summed E-state index contributed by atoms with van der Waals surface area (Å²) < 4.78 is 10.8. The van der Waals surface area contributed by atoms with Crippen LogP contribution in [0.3, 0.4) is 0 Å². The number of nitrogens with two attached hydrogens (primary N) is 1. The van der Waals surface area contributed by atoms with E-state index in [9.17, 15) is 20.3 Å². The van der Waals surface area contributed by atoms with E-state index in [0.29, 0.717) is 5.69 Å². The van der Waals surface area contributed by atoms with Crippen molar-refractivity contribution in [3.8, 4) is 6.07 Å². The van der Waals surface area contributed by atoms with Gasteiger partial charge >= 0.3 is 5.97 Å². The fraction of sp³-hybridized carbons (Fsp3) is 0.611. The lowest BCUT2D eigenvalue weighted by atomic mass is 9.93. The number of rotatable bonds is 6. The Kier molecular flexibility index (Phi) is 6.15. The lowest BCUT2D eigenvalue weighted by molar-refractivity contribution is -0.159. The number of aromatic amines is 1. The topological polar surface area (TPSA) is 169 Å². The van der Waals surface area contributed by atoms with Crippen LogP contribution < -0.4 is 5.73 Å². The number of hydrogen-bond donors (Lipinski definition) is 5. The van der Waals surface area contributed by atoms with Gasteiger partial charge in [-0.15, -0.1) is 0 Å². The van der Waals surface area contributed by atoms with Crippen molar-refractivity contribution in [3.63, 3.8) is 0 Å². The maximum Gasteiger partial charge on any atom is 0.311 e. The van der Waals surface area contributed by atoms with E-state index in [2.05, 4.69) is 4.98 Å². The SMILES string of the molecule is CN(C=N)C(N)c1ccc([C@]2(C#N)O[C@H](COC(=O)C(C)(C)C)[C@@H](O)[C@H]2O)[nH]1. The summed E-state index contributed by atoms with van der Waals surface area (Å²) >= 11 is 0. The van der Waals surface area contributed by atoms with Gasteiger partial charge in [0.25, 0.3) is 0 Å². The minimum absolute atomic E-state index is 0.204. The van der Waals surface area contributed by atoms with Gasteiger partial charge in [0.05, 0.1) is 23.1 Å². The summed E-state index contributed by atoms with van der Waals surface area (Å²) in [6.45, 7) is 4.75. The van der Waals surface area contributed by atoms with Crippen LogP contribution in [0.25, 0.3) is 0 Å². The van der Waals surface area contributed by atoms with Crippen molar-refractivity contribution in [1.29, 1.82) is 10.7 Å². The summed E-state index contributed by atoms with van der Waals surface area (Å²) in [5.74, 6) is -0.491. The fourth-order valence-electron chi connectivity index (χ4n) is 2.81. The molecule has 0 saturated carbocycles. The van der Waals surface area contributed by atoms with Crippen molar-refractivity contribution in [3.05, 3.63) is 23.5 Å². The van der Waals surface area contributed by atoms with Crippen molar-refractivity contribution in [2.45, 2.75) is 50.8 Å². The largest absolute Gasteiger partial charge is 0.462 e. The highest BCUT2D eigenvalue weighted by atomic mass is 16.6. The van der Waals surface area contributed by atoms with Crippen molar-refractivity contribution < 1.29 is 24.5 Å². The van der Waals surface area contributed by atoms with Gasteiger partial charge in [-0.3, -0.25) is 10.2 Å². The number of carbonyl (C=O) groups is 1. The first kappa shape index (κ1) is 21.8. The maximum atomic E-state index is 12.0. The van der Waals surface area contributed by atoms with Gasteiger partial charge in [-0.2, -0.15) is 5.26 Å². The average Bonchev–Trinajstić information content (AvgIpc) is 3.23. The Morgan fingerprint density at radius 2 is 2.21 bits per heavy atom. The molecule has 28 heavy (non-hydrogen) atoms. The molecule has 1 saturated heterocycles. The van der Waals surface area contributed by atoms with Crippen LogP contribution in [0.5, 0.6) is 0 Å².